The number of aliphatic hydroxyl groups excluding tert-OH is 1. The highest BCUT2D eigenvalue weighted by Gasteiger charge is 2.60. The Balaban J connectivity index is 1.59. The van der Waals surface area contributed by atoms with E-state index < -0.39 is 12.2 Å². The third kappa shape index (κ3) is 2.92. The zero-order valence-electron chi connectivity index (χ0n) is 17.6. The number of allylic oxidation sites excluding steroid dienone is 1. The maximum Gasteiger partial charge on any atom is 0.303 e. The molecule has 3 saturated carbocycles. The standard InChI is InChI=1S/C23H34O5/c1-13(24)27-19-10-12-22(3)17-9-11-23(4)16(7-8-20(23)28-14(2)25)15(17)5-6-18(22)21(19)26/h6,15-17,19-21,26H,5,7-12H2,1-4H3/t15-,16-,17-,19-,20-,21+,22+,23-/m0/s1. The zero-order chi connectivity index (χ0) is 20.3. The van der Waals surface area contributed by atoms with Gasteiger partial charge in [-0.05, 0) is 73.7 Å². The Bertz CT molecular complexity index is 699. The van der Waals surface area contributed by atoms with E-state index >= 15 is 0 Å². The Kier molecular flexibility index (Phi) is 4.88. The summed E-state index contributed by atoms with van der Waals surface area (Å²) in [5.74, 6) is 1.19. The molecule has 0 radical (unpaired) electrons. The normalized spacial score (nSPS) is 47.2. The molecule has 8 atom stereocenters. The van der Waals surface area contributed by atoms with Crippen molar-refractivity contribution in [2.45, 2.75) is 91.0 Å². The van der Waals surface area contributed by atoms with E-state index in [1.165, 1.54) is 13.8 Å². The first-order valence-corrected chi connectivity index (χ1v) is 10.9. The summed E-state index contributed by atoms with van der Waals surface area (Å²) < 4.78 is 11.1. The second kappa shape index (κ2) is 6.86. The average molecular weight is 391 g/mol. The Morgan fingerprint density at radius 1 is 1.00 bits per heavy atom. The Hall–Kier alpha value is -1.36. The molecule has 4 rings (SSSR count). The second-order valence-electron chi connectivity index (χ2n) is 10.0. The van der Waals surface area contributed by atoms with Gasteiger partial charge in [-0.15, -0.1) is 0 Å². The molecule has 0 unspecified atom stereocenters. The first kappa shape index (κ1) is 19.9. The molecule has 0 aromatic rings. The summed E-state index contributed by atoms with van der Waals surface area (Å²) in [7, 11) is 0. The summed E-state index contributed by atoms with van der Waals surface area (Å²) in [6.45, 7) is 7.56. The Labute approximate surface area is 167 Å². The average Bonchev–Trinajstić information content (AvgIpc) is 2.93. The van der Waals surface area contributed by atoms with Crippen LogP contribution in [-0.4, -0.2) is 35.4 Å². The third-order valence-electron chi connectivity index (χ3n) is 8.68. The summed E-state index contributed by atoms with van der Waals surface area (Å²) >= 11 is 0. The highest BCUT2D eigenvalue weighted by atomic mass is 16.6. The van der Waals surface area contributed by atoms with Gasteiger partial charge in [0.25, 0.3) is 0 Å². The van der Waals surface area contributed by atoms with E-state index in [0.29, 0.717) is 17.8 Å². The Morgan fingerprint density at radius 2 is 1.71 bits per heavy atom. The van der Waals surface area contributed by atoms with Crippen LogP contribution in [0, 0.1) is 28.6 Å². The maximum atomic E-state index is 11.6. The molecule has 5 heteroatoms. The van der Waals surface area contributed by atoms with Crippen molar-refractivity contribution >= 4 is 11.9 Å². The molecule has 0 spiro atoms. The van der Waals surface area contributed by atoms with Crippen LogP contribution in [0.25, 0.3) is 0 Å². The highest BCUT2D eigenvalue weighted by Crippen LogP contribution is 2.65. The first-order chi connectivity index (χ1) is 13.2. The minimum atomic E-state index is -0.686. The van der Waals surface area contributed by atoms with Crippen molar-refractivity contribution in [1.29, 1.82) is 0 Å². The minimum absolute atomic E-state index is 0.0279. The predicted octanol–water partition coefficient (Wildman–Crippen LogP) is 3.78. The SMILES string of the molecule is CC(=O)O[C@H]1CC[C@@]2(C)C(=CC[C@H]3[C@@H]4CC[C@H](OC(C)=O)[C@@]4(C)CC[C@@H]32)[C@H]1O. The topological polar surface area (TPSA) is 72.8 Å². The van der Waals surface area contributed by atoms with Gasteiger partial charge in [-0.1, -0.05) is 19.9 Å². The van der Waals surface area contributed by atoms with Crippen molar-refractivity contribution < 1.29 is 24.2 Å². The molecule has 0 aromatic heterocycles. The number of hydrogen-bond donors (Lipinski definition) is 1. The van der Waals surface area contributed by atoms with E-state index in [2.05, 4.69) is 19.9 Å². The molecule has 4 aliphatic rings. The van der Waals surface area contributed by atoms with Crippen molar-refractivity contribution in [3.8, 4) is 0 Å². The van der Waals surface area contributed by atoms with Crippen molar-refractivity contribution in [3.63, 3.8) is 0 Å². The number of aliphatic hydroxyl groups is 1. The molecular weight excluding hydrogens is 356 g/mol. The van der Waals surface area contributed by atoms with Crippen LogP contribution >= 0.6 is 0 Å². The molecule has 5 nitrogen and oxygen atoms in total. The van der Waals surface area contributed by atoms with Gasteiger partial charge in [0.1, 0.15) is 18.3 Å². The molecule has 4 aliphatic carbocycles. The second-order valence-corrected chi connectivity index (χ2v) is 10.0. The summed E-state index contributed by atoms with van der Waals surface area (Å²) in [6.07, 6.45) is 8.08. The molecule has 0 heterocycles. The van der Waals surface area contributed by atoms with E-state index in [1.807, 2.05) is 0 Å². The smallest absolute Gasteiger partial charge is 0.303 e. The van der Waals surface area contributed by atoms with Crippen molar-refractivity contribution in [1.82, 2.24) is 0 Å². The number of esters is 2. The van der Waals surface area contributed by atoms with Gasteiger partial charge in [-0.3, -0.25) is 9.59 Å². The molecule has 28 heavy (non-hydrogen) atoms. The van der Waals surface area contributed by atoms with Gasteiger partial charge in [-0.25, -0.2) is 0 Å². The fourth-order valence-electron chi connectivity index (χ4n) is 7.39. The number of fused-ring (bicyclic) bond motifs is 5. The summed E-state index contributed by atoms with van der Waals surface area (Å²) in [5, 5.41) is 10.9. The lowest BCUT2D eigenvalue weighted by Gasteiger charge is -2.58. The molecule has 156 valence electrons. The van der Waals surface area contributed by atoms with Gasteiger partial charge in [0, 0.05) is 19.3 Å². The number of carbonyl (C=O) groups is 2. The summed E-state index contributed by atoms with van der Waals surface area (Å²) in [4.78, 5) is 23.0. The Morgan fingerprint density at radius 3 is 2.39 bits per heavy atom. The molecule has 0 amide bonds. The number of carbonyl (C=O) groups excluding carboxylic acids is 2. The van der Waals surface area contributed by atoms with Gasteiger partial charge >= 0.3 is 11.9 Å². The lowest BCUT2D eigenvalue weighted by Crippen LogP contribution is -2.54. The predicted molar refractivity (Wildman–Crippen MR) is 104 cm³/mol. The van der Waals surface area contributed by atoms with Gasteiger partial charge in [0.05, 0.1) is 0 Å². The summed E-state index contributed by atoms with van der Waals surface area (Å²) in [5.41, 5.74) is 1.13. The van der Waals surface area contributed by atoms with Gasteiger partial charge in [0.2, 0.25) is 0 Å². The number of hydrogen-bond acceptors (Lipinski definition) is 5. The molecule has 3 fully saturated rings. The molecule has 0 saturated heterocycles. The molecular formula is C23H34O5. The van der Waals surface area contributed by atoms with Crippen molar-refractivity contribution in [3.05, 3.63) is 11.6 Å². The van der Waals surface area contributed by atoms with Crippen LogP contribution in [0.2, 0.25) is 0 Å². The van der Waals surface area contributed by atoms with E-state index in [-0.39, 0.29) is 28.9 Å². The quantitative estimate of drug-likeness (QED) is 0.574. The molecule has 0 bridgehead atoms. The van der Waals surface area contributed by atoms with E-state index in [1.54, 1.807) is 0 Å². The van der Waals surface area contributed by atoms with Crippen molar-refractivity contribution in [2.24, 2.45) is 28.6 Å². The molecule has 0 aliphatic heterocycles. The number of rotatable bonds is 2. The lowest BCUT2D eigenvalue weighted by molar-refractivity contribution is -0.159. The van der Waals surface area contributed by atoms with Gasteiger partial charge < -0.3 is 14.6 Å². The largest absolute Gasteiger partial charge is 0.462 e. The van der Waals surface area contributed by atoms with Gasteiger partial charge in [0.15, 0.2) is 0 Å². The molecule has 0 aromatic carbocycles. The highest BCUT2D eigenvalue weighted by molar-refractivity contribution is 5.66. The van der Waals surface area contributed by atoms with Crippen LogP contribution in [-0.2, 0) is 19.1 Å². The first-order valence-electron chi connectivity index (χ1n) is 10.9. The van der Waals surface area contributed by atoms with Crippen LogP contribution in [0.15, 0.2) is 11.6 Å². The van der Waals surface area contributed by atoms with E-state index in [0.717, 1.165) is 50.5 Å². The molecule has 1 N–H and O–H groups in total. The van der Waals surface area contributed by atoms with Crippen LogP contribution < -0.4 is 0 Å². The summed E-state index contributed by atoms with van der Waals surface area (Å²) in [6, 6.07) is 0. The van der Waals surface area contributed by atoms with E-state index in [4.69, 9.17) is 9.47 Å². The fourth-order valence-corrected chi connectivity index (χ4v) is 7.39. The minimum Gasteiger partial charge on any atom is -0.462 e. The van der Waals surface area contributed by atoms with Crippen LogP contribution in [0.4, 0.5) is 0 Å². The third-order valence-corrected chi connectivity index (χ3v) is 8.68. The zero-order valence-corrected chi connectivity index (χ0v) is 17.6. The number of ether oxygens (including phenoxy) is 2. The monoisotopic (exact) mass is 390 g/mol. The van der Waals surface area contributed by atoms with Crippen LogP contribution in [0.1, 0.15) is 72.6 Å². The fraction of sp³-hybridized carbons (Fsp3) is 0.826. The van der Waals surface area contributed by atoms with Crippen LogP contribution in [0.3, 0.4) is 0 Å². The maximum absolute atomic E-state index is 11.6. The lowest BCUT2D eigenvalue weighted by atomic mass is 9.47. The van der Waals surface area contributed by atoms with Gasteiger partial charge in [-0.2, -0.15) is 0 Å². The van der Waals surface area contributed by atoms with E-state index in [9.17, 15) is 14.7 Å². The van der Waals surface area contributed by atoms with Crippen molar-refractivity contribution in [2.75, 3.05) is 0 Å². The van der Waals surface area contributed by atoms with Crippen LogP contribution in [0.5, 0.6) is 0 Å².